The van der Waals surface area contributed by atoms with E-state index in [9.17, 15) is 0 Å². The molecule has 0 radical (unpaired) electrons. The first-order chi connectivity index (χ1) is 10.9. The van der Waals surface area contributed by atoms with Gasteiger partial charge in [0.1, 0.15) is 5.69 Å². The second kappa shape index (κ2) is 5.76. The molecule has 2 aliphatic rings. The van der Waals surface area contributed by atoms with Crippen molar-refractivity contribution in [2.75, 3.05) is 13.2 Å². The maximum Gasteiger partial charge on any atom is 0.200 e. The summed E-state index contributed by atoms with van der Waals surface area (Å²) in [6.07, 6.45) is 8.04. The van der Waals surface area contributed by atoms with Gasteiger partial charge in [-0.15, -0.1) is 5.10 Å². The number of rotatable bonds is 3. The summed E-state index contributed by atoms with van der Waals surface area (Å²) in [5, 5.41) is 12.3. The summed E-state index contributed by atoms with van der Waals surface area (Å²) < 4.78 is 7.52. The van der Waals surface area contributed by atoms with Crippen LogP contribution >= 0.6 is 0 Å². The van der Waals surface area contributed by atoms with Crippen molar-refractivity contribution < 1.29 is 4.74 Å². The Hall–Kier alpha value is -1.82. The molecule has 1 atom stereocenters. The van der Waals surface area contributed by atoms with E-state index in [0.29, 0.717) is 11.3 Å². The van der Waals surface area contributed by atoms with Crippen LogP contribution in [0.1, 0.15) is 32.1 Å². The Kier molecular flexibility index (Phi) is 3.62. The van der Waals surface area contributed by atoms with Gasteiger partial charge in [-0.1, -0.05) is 12.5 Å². The molecule has 0 bridgehead atoms. The van der Waals surface area contributed by atoms with Crippen molar-refractivity contribution in [3.8, 4) is 11.5 Å². The fourth-order valence-corrected chi connectivity index (χ4v) is 4.15. The van der Waals surface area contributed by atoms with Crippen LogP contribution in [0.25, 0.3) is 11.5 Å². The molecule has 3 heterocycles. The van der Waals surface area contributed by atoms with Crippen molar-refractivity contribution in [2.45, 2.75) is 38.6 Å². The van der Waals surface area contributed by atoms with E-state index in [1.165, 1.54) is 32.1 Å². The molecule has 0 amide bonds. The van der Waals surface area contributed by atoms with E-state index in [0.717, 1.165) is 31.3 Å². The van der Waals surface area contributed by atoms with Gasteiger partial charge in [0.15, 0.2) is 0 Å². The lowest BCUT2D eigenvalue weighted by molar-refractivity contribution is -0.0103. The molecular weight excluding hydrogens is 278 g/mol. The van der Waals surface area contributed by atoms with E-state index in [1.54, 1.807) is 6.20 Å². The maximum atomic E-state index is 5.58. The van der Waals surface area contributed by atoms with Gasteiger partial charge >= 0.3 is 0 Å². The van der Waals surface area contributed by atoms with Crippen LogP contribution in [0.2, 0.25) is 0 Å². The molecule has 6 nitrogen and oxygen atoms in total. The summed E-state index contributed by atoms with van der Waals surface area (Å²) >= 11 is 0. The first kappa shape index (κ1) is 13.8. The highest BCUT2D eigenvalue weighted by Crippen LogP contribution is 2.50. The predicted octanol–water partition coefficient (Wildman–Crippen LogP) is 2.33. The third kappa shape index (κ3) is 2.41. The molecule has 1 saturated heterocycles. The van der Waals surface area contributed by atoms with Gasteiger partial charge < -0.3 is 4.74 Å². The highest BCUT2D eigenvalue weighted by molar-refractivity contribution is 5.47. The molecule has 1 aliphatic heterocycles. The molecule has 22 heavy (non-hydrogen) atoms. The molecule has 0 aromatic carbocycles. The van der Waals surface area contributed by atoms with Crippen LogP contribution in [0.3, 0.4) is 0 Å². The van der Waals surface area contributed by atoms with Gasteiger partial charge in [-0.25, -0.2) is 4.68 Å². The van der Waals surface area contributed by atoms with Gasteiger partial charge in [-0.2, -0.15) is 0 Å². The van der Waals surface area contributed by atoms with Gasteiger partial charge in [-0.05, 0) is 59.6 Å². The zero-order valence-corrected chi connectivity index (χ0v) is 12.7. The molecule has 1 spiro atoms. The molecule has 2 fully saturated rings. The smallest absolute Gasteiger partial charge is 0.200 e. The summed E-state index contributed by atoms with van der Waals surface area (Å²) in [6.45, 7) is 2.69. The number of hydrogen-bond donors (Lipinski definition) is 0. The molecule has 0 N–H and O–H groups in total. The monoisotopic (exact) mass is 299 g/mol. The standard InChI is InChI=1S/C16H21N5O/c1-2-9-17-14(5-1)15-18-19-20-21(15)12-13-4-3-6-16(13)7-10-22-11-8-16/h1-2,5,9,13H,3-4,6-8,10-12H2. The van der Waals surface area contributed by atoms with Crippen LogP contribution in [0, 0.1) is 11.3 Å². The van der Waals surface area contributed by atoms with Crippen LogP contribution in [-0.4, -0.2) is 38.4 Å². The molecule has 116 valence electrons. The zero-order valence-electron chi connectivity index (χ0n) is 12.7. The third-order valence-corrected chi connectivity index (χ3v) is 5.40. The predicted molar refractivity (Wildman–Crippen MR) is 80.9 cm³/mol. The number of tetrazole rings is 1. The van der Waals surface area contributed by atoms with Crippen molar-refractivity contribution in [3.63, 3.8) is 0 Å². The Morgan fingerprint density at radius 1 is 1.23 bits per heavy atom. The lowest BCUT2D eigenvalue weighted by Crippen LogP contribution is -2.35. The average Bonchev–Trinajstić information content (AvgIpc) is 3.18. The summed E-state index contributed by atoms with van der Waals surface area (Å²) in [4.78, 5) is 4.38. The van der Waals surface area contributed by atoms with Gasteiger partial charge in [0.25, 0.3) is 0 Å². The number of ether oxygens (including phenoxy) is 1. The highest BCUT2D eigenvalue weighted by atomic mass is 16.5. The molecule has 2 aromatic rings. The van der Waals surface area contributed by atoms with Crippen molar-refractivity contribution in [1.29, 1.82) is 0 Å². The largest absolute Gasteiger partial charge is 0.381 e. The first-order valence-electron chi connectivity index (χ1n) is 8.13. The fourth-order valence-electron chi connectivity index (χ4n) is 4.15. The van der Waals surface area contributed by atoms with E-state index >= 15 is 0 Å². The van der Waals surface area contributed by atoms with Crippen LogP contribution in [0.4, 0.5) is 0 Å². The minimum Gasteiger partial charge on any atom is -0.381 e. The lowest BCUT2D eigenvalue weighted by Gasteiger charge is -2.38. The zero-order chi connectivity index (χ0) is 14.8. The number of pyridine rings is 1. The maximum absolute atomic E-state index is 5.58. The van der Waals surface area contributed by atoms with E-state index in [1.807, 2.05) is 22.9 Å². The second-order valence-corrected chi connectivity index (χ2v) is 6.46. The fraction of sp³-hybridized carbons (Fsp3) is 0.625. The normalized spacial score (nSPS) is 23.9. The molecule has 2 aromatic heterocycles. The van der Waals surface area contributed by atoms with Crippen LogP contribution in [-0.2, 0) is 11.3 Å². The number of hydrogen-bond acceptors (Lipinski definition) is 5. The Bertz CT molecular complexity index is 620. The van der Waals surface area contributed by atoms with Crippen molar-refractivity contribution in [2.24, 2.45) is 11.3 Å². The van der Waals surface area contributed by atoms with Crippen LogP contribution in [0.5, 0.6) is 0 Å². The summed E-state index contributed by atoms with van der Waals surface area (Å²) in [5.74, 6) is 1.41. The second-order valence-electron chi connectivity index (χ2n) is 6.46. The van der Waals surface area contributed by atoms with Gasteiger partial charge in [-0.3, -0.25) is 4.98 Å². The molecule has 1 aliphatic carbocycles. The van der Waals surface area contributed by atoms with E-state index in [2.05, 4.69) is 20.5 Å². The summed E-state index contributed by atoms with van der Waals surface area (Å²) in [7, 11) is 0. The summed E-state index contributed by atoms with van der Waals surface area (Å²) in [6, 6.07) is 5.84. The third-order valence-electron chi connectivity index (χ3n) is 5.40. The van der Waals surface area contributed by atoms with Gasteiger partial charge in [0, 0.05) is 26.0 Å². The first-order valence-corrected chi connectivity index (χ1v) is 8.13. The summed E-state index contributed by atoms with van der Waals surface area (Å²) in [5.41, 5.74) is 1.28. The van der Waals surface area contributed by atoms with E-state index < -0.39 is 0 Å². The Balaban J connectivity index is 1.58. The molecule has 1 saturated carbocycles. The highest BCUT2D eigenvalue weighted by Gasteiger charge is 2.44. The van der Waals surface area contributed by atoms with Crippen LogP contribution in [0.15, 0.2) is 24.4 Å². The van der Waals surface area contributed by atoms with Gasteiger partial charge in [0.2, 0.25) is 5.82 Å². The topological polar surface area (TPSA) is 65.7 Å². The minimum atomic E-state index is 0.436. The van der Waals surface area contributed by atoms with Crippen molar-refractivity contribution in [3.05, 3.63) is 24.4 Å². The molecule has 6 heteroatoms. The number of aromatic nitrogens is 5. The van der Waals surface area contributed by atoms with E-state index in [-0.39, 0.29) is 0 Å². The number of nitrogens with zero attached hydrogens (tertiary/aromatic N) is 5. The van der Waals surface area contributed by atoms with Gasteiger partial charge in [0.05, 0.1) is 0 Å². The Labute approximate surface area is 129 Å². The van der Waals surface area contributed by atoms with E-state index in [4.69, 9.17) is 4.74 Å². The molecule has 1 unspecified atom stereocenters. The lowest BCUT2D eigenvalue weighted by atomic mass is 9.72. The average molecular weight is 299 g/mol. The SMILES string of the molecule is c1ccc(-c2nnnn2CC2CCCC23CCOCC3)nc1. The molecule has 4 rings (SSSR count). The Morgan fingerprint density at radius 3 is 2.95 bits per heavy atom. The quantitative estimate of drug-likeness (QED) is 0.870. The van der Waals surface area contributed by atoms with Crippen molar-refractivity contribution in [1.82, 2.24) is 25.2 Å². The molecular formula is C16H21N5O. The van der Waals surface area contributed by atoms with Crippen LogP contribution < -0.4 is 0 Å². The minimum absolute atomic E-state index is 0.436. The van der Waals surface area contributed by atoms with Crippen molar-refractivity contribution >= 4 is 0 Å². The Morgan fingerprint density at radius 2 is 2.14 bits per heavy atom.